The number of nitrogens with two attached hydrogens (primary N) is 1. The molecule has 6 heteroatoms. The van der Waals surface area contributed by atoms with Gasteiger partial charge in [0.1, 0.15) is 11.5 Å². The van der Waals surface area contributed by atoms with Crippen LogP contribution in [0.15, 0.2) is 48.8 Å². The first-order chi connectivity index (χ1) is 12.5. The maximum Gasteiger partial charge on any atom is 0.251 e. The average Bonchev–Trinajstić information content (AvgIpc) is 2.66. The second-order valence-corrected chi connectivity index (χ2v) is 6.44. The van der Waals surface area contributed by atoms with Gasteiger partial charge in [-0.05, 0) is 32.0 Å². The van der Waals surface area contributed by atoms with Crippen molar-refractivity contribution in [1.29, 1.82) is 0 Å². The smallest absolute Gasteiger partial charge is 0.251 e. The Morgan fingerprint density at radius 1 is 1.35 bits per heavy atom. The average molecular weight is 357 g/mol. The molecule has 0 spiro atoms. The summed E-state index contributed by atoms with van der Waals surface area (Å²) in [7, 11) is 1.62. The number of piperidine rings is 1. The van der Waals surface area contributed by atoms with Gasteiger partial charge in [-0.15, -0.1) is 0 Å². The Labute approximate surface area is 154 Å². The van der Waals surface area contributed by atoms with Crippen LogP contribution in [0.25, 0.3) is 0 Å². The molecule has 1 heterocycles. The van der Waals surface area contributed by atoms with Gasteiger partial charge < -0.3 is 15.8 Å². The van der Waals surface area contributed by atoms with Crippen molar-refractivity contribution in [2.24, 2.45) is 11.7 Å². The highest BCUT2D eigenvalue weighted by atomic mass is 16.5. The first-order valence-corrected chi connectivity index (χ1v) is 8.77. The summed E-state index contributed by atoms with van der Waals surface area (Å²) in [6.07, 6.45) is 4.65. The van der Waals surface area contributed by atoms with E-state index in [1.807, 2.05) is 24.3 Å². The SMILES string of the molecule is C=C(CN1CCC(C(=O)Cc2ccccc2OC)CC1)C(=O)N/C=C\N. The van der Waals surface area contributed by atoms with Gasteiger partial charge in [0, 0.05) is 42.4 Å². The summed E-state index contributed by atoms with van der Waals surface area (Å²) in [6, 6.07) is 7.63. The molecule has 0 atom stereocenters. The van der Waals surface area contributed by atoms with E-state index in [0.29, 0.717) is 18.5 Å². The van der Waals surface area contributed by atoms with Crippen molar-refractivity contribution in [3.05, 3.63) is 54.4 Å². The van der Waals surface area contributed by atoms with Gasteiger partial charge in [0.2, 0.25) is 0 Å². The summed E-state index contributed by atoms with van der Waals surface area (Å²) in [6.45, 7) is 5.88. The summed E-state index contributed by atoms with van der Waals surface area (Å²) >= 11 is 0. The minimum atomic E-state index is -0.235. The largest absolute Gasteiger partial charge is 0.496 e. The van der Waals surface area contributed by atoms with Crippen LogP contribution in [0.2, 0.25) is 0 Å². The van der Waals surface area contributed by atoms with Gasteiger partial charge in [0.25, 0.3) is 5.91 Å². The first-order valence-electron chi connectivity index (χ1n) is 8.77. The minimum Gasteiger partial charge on any atom is -0.496 e. The molecule has 3 N–H and O–H groups in total. The molecule has 0 aliphatic carbocycles. The van der Waals surface area contributed by atoms with Gasteiger partial charge in [0.15, 0.2) is 0 Å². The number of hydrogen-bond donors (Lipinski definition) is 2. The van der Waals surface area contributed by atoms with Crippen molar-refractivity contribution >= 4 is 11.7 Å². The summed E-state index contributed by atoms with van der Waals surface area (Å²) in [5, 5.41) is 2.55. The van der Waals surface area contributed by atoms with Crippen molar-refractivity contribution in [2.45, 2.75) is 19.3 Å². The molecule has 26 heavy (non-hydrogen) atoms. The van der Waals surface area contributed by atoms with E-state index in [-0.39, 0.29) is 17.6 Å². The number of nitrogens with zero attached hydrogens (tertiary/aromatic N) is 1. The second-order valence-electron chi connectivity index (χ2n) is 6.44. The molecule has 1 saturated heterocycles. The molecule has 6 nitrogen and oxygen atoms in total. The molecule has 1 aliphatic heterocycles. The molecule has 140 valence electrons. The van der Waals surface area contributed by atoms with Crippen LogP contribution in [0, 0.1) is 5.92 Å². The fourth-order valence-corrected chi connectivity index (χ4v) is 3.16. The fourth-order valence-electron chi connectivity index (χ4n) is 3.16. The molecule has 1 amide bonds. The Morgan fingerprint density at radius 3 is 2.69 bits per heavy atom. The number of likely N-dealkylation sites (tertiary alicyclic amines) is 1. The number of rotatable bonds is 8. The van der Waals surface area contributed by atoms with E-state index >= 15 is 0 Å². The second kappa shape index (κ2) is 9.77. The van der Waals surface area contributed by atoms with Crippen LogP contribution in [0.5, 0.6) is 5.75 Å². The monoisotopic (exact) mass is 357 g/mol. The summed E-state index contributed by atoms with van der Waals surface area (Å²) < 4.78 is 5.32. The minimum absolute atomic E-state index is 0.0541. The number of Topliss-reactive ketones (excluding diaryl/α,β-unsaturated/α-hetero) is 1. The molecule has 1 aromatic rings. The Balaban J connectivity index is 1.81. The number of carbonyl (C=O) groups excluding carboxylic acids is 2. The molecule has 0 aromatic heterocycles. The molecule has 2 rings (SSSR count). The third-order valence-corrected chi connectivity index (χ3v) is 4.65. The fraction of sp³-hybridized carbons (Fsp3) is 0.400. The number of ether oxygens (including phenoxy) is 1. The molecular formula is C20H27N3O3. The Hall–Kier alpha value is -2.60. The molecule has 0 bridgehead atoms. The highest BCUT2D eigenvalue weighted by molar-refractivity contribution is 5.93. The van der Waals surface area contributed by atoms with E-state index < -0.39 is 0 Å². The van der Waals surface area contributed by atoms with E-state index in [1.54, 1.807) is 7.11 Å². The van der Waals surface area contributed by atoms with E-state index in [2.05, 4.69) is 16.8 Å². The number of amides is 1. The predicted molar refractivity (Wildman–Crippen MR) is 101 cm³/mol. The lowest BCUT2D eigenvalue weighted by molar-refractivity contribution is -0.123. The number of nitrogens with one attached hydrogen (secondary N) is 1. The zero-order valence-electron chi connectivity index (χ0n) is 15.2. The van der Waals surface area contributed by atoms with Gasteiger partial charge in [-0.3, -0.25) is 14.5 Å². The number of benzene rings is 1. The van der Waals surface area contributed by atoms with Gasteiger partial charge in [-0.2, -0.15) is 0 Å². The molecule has 0 saturated carbocycles. The maximum absolute atomic E-state index is 12.6. The third-order valence-electron chi connectivity index (χ3n) is 4.65. The number of hydrogen-bond acceptors (Lipinski definition) is 5. The van der Waals surface area contributed by atoms with E-state index in [9.17, 15) is 9.59 Å². The van der Waals surface area contributed by atoms with Crippen LogP contribution in [0.4, 0.5) is 0 Å². The van der Waals surface area contributed by atoms with Gasteiger partial charge in [-0.25, -0.2) is 0 Å². The number of carbonyl (C=O) groups is 2. The van der Waals surface area contributed by atoms with Crippen LogP contribution in [-0.2, 0) is 16.0 Å². The molecule has 0 radical (unpaired) electrons. The maximum atomic E-state index is 12.6. The Morgan fingerprint density at radius 2 is 2.04 bits per heavy atom. The lowest BCUT2D eigenvalue weighted by atomic mass is 9.89. The summed E-state index contributed by atoms with van der Waals surface area (Å²) in [5.74, 6) is 0.824. The van der Waals surface area contributed by atoms with Crippen molar-refractivity contribution in [2.75, 3.05) is 26.7 Å². The van der Waals surface area contributed by atoms with Crippen molar-refractivity contribution in [3.8, 4) is 5.75 Å². The van der Waals surface area contributed by atoms with Crippen LogP contribution in [0.3, 0.4) is 0 Å². The van der Waals surface area contributed by atoms with Gasteiger partial charge in [-0.1, -0.05) is 24.8 Å². The number of methoxy groups -OCH3 is 1. The predicted octanol–water partition coefficient (Wildman–Crippen LogP) is 1.62. The zero-order valence-corrected chi connectivity index (χ0v) is 15.2. The van der Waals surface area contributed by atoms with Crippen LogP contribution < -0.4 is 15.8 Å². The van der Waals surface area contributed by atoms with E-state index in [0.717, 1.165) is 37.2 Å². The normalized spacial score (nSPS) is 15.7. The first kappa shape index (κ1) is 19.7. The Bertz CT molecular complexity index is 677. The zero-order chi connectivity index (χ0) is 18.9. The van der Waals surface area contributed by atoms with Crippen LogP contribution in [-0.4, -0.2) is 43.3 Å². The third kappa shape index (κ3) is 5.46. The van der Waals surface area contributed by atoms with Crippen LogP contribution in [0.1, 0.15) is 18.4 Å². The molecular weight excluding hydrogens is 330 g/mol. The molecule has 1 aromatic carbocycles. The topological polar surface area (TPSA) is 84.7 Å². The van der Waals surface area contributed by atoms with Gasteiger partial charge >= 0.3 is 0 Å². The molecule has 1 aliphatic rings. The van der Waals surface area contributed by atoms with Crippen LogP contribution >= 0.6 is 0 Å². The molecule has 1 fully saturated rings. The number of para-hydroxylation sites is 1. The van der Waals surface area contributed by atoms with E-state index in [4.69, 9.17) is 10.5 Å². The van der Waals surface area contributed by atoms with Gasteiger partial charge in [0.05, 0.1) is 7.11 Å². The molecule has 0 unspecified atom stereocenters. The van der Waals surface area contributed by atoms with Crippen molar-refractivity contribution < 1.29 is 14.3 Å². The van der Waals surface area contributed by atoms with E-state index in [1.165, 1.54) is 12.4 Å². The lowest BCUT2D eigenvalue weighted by Crippen LogP contribution is -2.39. The highest BCUT2D eigenvalue weighted by Gasteiger charge is 2.26. The standard InChI is InChI=1S/C20H27N3O3/c1-15(20(25)22-10-9-21)14-23-11-7-16(8-12-23)18(24)13-17-5-3-4-6-19(17)26-2/h3-6,9-10,16H,1,7-8,11-14,21H2,2H3,(H,22,25)/b10-9-. The summed E-state index contributed by atoms with van der Waals surface area (Å²) in [4.78, 5) is 26.6. The lowest BCUT2D eigenvalue weighted by Gasteiger charge is -2.31. The number of ketones is 1. The van der Waals surface area contributed by atoms with Crippen molar-refractivity contribution in [3.63, 3.8) is 0 Å². The Kier molecular flexibility index (Phi) is 7.41. The van der Waals surface area contributed by atoms with Crippen molar-refractivity contribution in [1.82, 2.24) is 10.2 Å². The quantitative estimate of drug-likeness (QED) is 0.691. The highest BCUT2D eigenvalue weighted by Crippen LogP contribution is 2.24. The summed E-state index contributed by atoms with van der Waals surface area (Å²) in [5.41, 5.74) is 6.62.